The molecule has 1 aliphatic rings. The lowest BCUT2D eigenvalue weighted by atomic mass is 10.1. The van der Waals surface area contributed by atoms with Crippen molar-refractivity contribution in [3.63, 3.8) is 0 Å². The Hall–Kier alpha value is -1.67. The highest BCUT2D eigenvalue weighted by atomic mass is 16.6. The van der Waals surface area contributed by atoms with Crippen molar-refractivity contribution in [2.45, 2.75) is 37.9 Å². The Morgan fingerprint density at radius 3 is 2.76 bits per heavy atom. The van der Waals surface area contributed by atoms with Gasteiger partial charge in [0.25, 0.3) is 0 Å². The number of aromatic nitrogens is 2. The van der Waals surface area contributed by atoms with Gasteiger partial charge in [-0.3, -0.25) is 0 Å². The van der Waals surface area contributed by atoms with E-state index in [4.69, 9.17) is 10.5 Å². The molecular formula is C14H19N3O4. The van der Waals surface area contributed by atoms with Crippen LogP contribution in [-0.2, 0) is 11.2 Å². The molecule has 0 unspecified atom stereocenters. The molecule has 0 saturated carbocycles. The molecule has 1 aliphatic heterocycles. The number of aliphatic hydroxyl groups excluding tert-OH is 3. The van der Waals surface area contributed by atoms with Gasteiger partial charge in [0.05, 0.1) is 6.61 Å². The monoisotopic (exact) mass is 293 g/mol. The highest BCUT2D eigenvalue weighted by Crippen LogP contribution is 2.34. The van der Waals surface area contributed by atoms with Crippen LogP contribution in [0, 0.1) is 0 Å². The van der Waals surface area contributed by atoms with Crippen LogP contribution in [0.5, 0.6) is 0 Å². The van der Waals surface area contributed by atoms with Crippen molar-refractivity contribution < 1.29 is 20.1 Å². The summed E-state index contributed by atoms with van der Waals surface area (Å²) in [5.41, 5.74) is 8.22. The van der Waals surface area contributed by atoms with Gasteiger partial charge < -0.3 is 30.4 Å². The molecule has 4 atom stereocenters. The topological polar surface area (TPSA) is 114 Å². The molecule has 3 rings (SSSR count). The third-order valence-electron chi connectivity index (χ3n) is 4.00. The van der Waals surface area contributed by atoms with E-state index >= 15 is 0 Å². The van der Waals surface area contributed by atoms with Gasteiger partial charge in [-0.25, -0.2) is 4.98 Å². The zero-order chi connectivity index (χ0) is 15.1. The SMILES string of the molecule is CCc1cn([C@@H]2O[C@H](CO)[C@@H](O)[C@H]2O)c2nccc(N)c12. The molecule has 0 aliphatic carbocycles. The predicted octanol–water partition coefficient (Wildman–Crippen LogP) is -0.208. The van der Waals surface area contributed by atoms with Crippen molar-refractivity contribution in [2.75, 3.05) is 12.3 Å². The van der Waals surface area contributed by atoms with Crippen LogP contribution in [0.4, 0.5) is 5.69 Å². The van der Waals surface area contributed by atoms with Crippen LogP contribution in [0.3, 0.4) is 0 Å². The van der Waals surface area contributed by atoms with Crippen molar-refractivity contribution in [1.29, 1.82) is 0 Å². The van der Waals surface area contributed by atoms with Gasteiger partial charge in [-0.05, 0) is 18.1 Å². The smallest absolute Gasteiger partial charge is 0.164 e. The van der Waals surface area contributed by atoms with E-state index in [1.165, 1.54) is 0 Å². The van der Waals surface area contributed by atoms with Gasteiger partial charge in [0.2, 0.25) is 0 Å². The highest BCUT2D eigenvalue weighted by Gasteiger charge is 2.43. The van der Waals surface area contributed by atoms with E-state index in [0.717, 1.165) is 17.4 Å². The lowest BCUT2D eigenvalue weighted by Crippen LogP contribution is -2.33. The molecule has 2 aromatic rings. The van der Waals surface area contributed by atoms with E-state index in [9.17, 15) is 15.3 Å². The second-order valence-electron chi connectivity index (χ2n) is 5.24. The molecule has 7 heteroatoms. The molecule has 5 N–H and O–H groups in total. The molecule has 0 bridgehead atoms. The summed E-state index contributed by atoms with van der Waals surface area (Å²) < 4.78 is 7.23. The number of aliphatic hydroxyl groups is 3. The molecule has 1 fully saturated rings. The number of nitrogen functional groups attached to an aromatic ring is 1. The van der Waals surface area contributed by atoms with E-state index < -0.39 is 24.5 Å². The Morgan fingerprint density at radius 2 is 2.14 bits per heavy atom. The van der Waals surface area contributed by atoms with Gasteiger partial charge in [-0.1, -0.05) is 6.92 Å². The van der Waals surface area contributed by atoms with Crippen molar-refractivity contribution in [1.82, 2.24) is 9.55 Å². The fourth-order valence-electron chi connectivity index (χ4n) is 2.86. The fraction of sp³-hybridized carbons (Fsp3) is 0.500. The van der Waals surface area contributed by atoms with Crippen LogP contribution in [0.2, 0.25) is 0 Å². The maximum atomic E-state index is 10.2. The standard InChI is InChI=1S/C14H19N3O4/c1-2-7-5-17(13-10(7)8(15)3-4-16-13)14-12(20)11(19)9(6-18)21-14/h3-5,9,11-12,14,18-20H,2,6H2,1H3,(H2,15,16)/t9-,11-,12-,14-/m1/s1. The van der Waals surface area contributed by atoms with Crippen LogP contribution in [-0.4, -0.2) is 49.8 Å². The number of ether oxygens (including phenoxy) is 1. The molecule has 21 heavy (non-hydrogen) atoms. The number of fused-ring (bicyclic) bond motifs is 1. The summed E-state index contributed by atoms with van der Waals surface area (Å²) in [5, 5.41) is 30.1. The highest BCUT2D eigenvalue weighted by molar-refractivity contribution is 5.91. The number of hydrogen-bond donors (Lipinski definition) is 4. The molecule has 2 aromatic heterocycles. The van der Waals surface area contributed by atoms with Gasteiger partial charge >= 0.3 is 0 Å². The summed E-state index contributed by atoms with van der Waals surface area (Å²) in [6.45, 7) is 1.65. The van der Waals surface area contributed by atoms with E-state index in [0.29, 0.717) is 11.3 Å². The van der Waals surface area contributed by atoms with Crippen molar-refractivity contribution >= 4 is 16.7 Å². The number of nitrogens with zero attached hydrogens (tertiary/aromatic N) is 2. The Kier molecular flexibility index (Phi) is 3.58. The normalized spacial score (nSPS) is 29.3. The Balaban J connectivity index is 2.11. The van der Waals surface area contributed by atoms with Crippen LogP contribution >= 0.6 is 0 Å². The van der Waals surface area contributed by atoms with Crippen LogP contribution < -0.4 is 5.73 Å². The van der Waals surface area contributed by atoms with E-state index in [2.05, 4.69) is 4.98 Å². The molecule has 1 saturated heterocycles. The average molecular weight is 293 g/mol. The largest absolute Gasteiger partial charge is 0.398 e. The fourth-order valence-corrected chi connectivity index (χ4v) is 2.86. The molecule has 3 heterocycles. The lowest BCUT2D eigenvalue weighted by molar-refractivity contribution is -0.0509. The van der Waals surface area contributed by atoms with Crippen molar-refractivity contribution in [3.05, 3.63) is 24.0 Å². The van der Waals surface area contributed by atoms with Gasteiger partial charge in [-0.2, -0.15) is 0 Å². The summed E-state index contributed by atoms with van der Waals surface area (Å²) in [6, 6.07) is 1.73. The maximum absolute atomic E-state index is 10.2. The lowest BCUT2D eigenvalue weighted by Gasteiger charge is -2.17. The van der Waals surface area contributed by atoms with Gasteiger partial charge in [-0.15, -0.1) is 0 Å². The van der Waals surface area contributed by atoms with Gasteiger partial charge in [0.15, 0.2) is 6.23 Å². The van der Waals surface area contributed by atoms with Crippen LogP contribution in [0.1, 0.15) is 18.7 Å². The average Bonchev–Trinajstić information content (AvgIpc) is 2.99. The molecule has 7 nitrogen and oxygen atoms in total. The number of pyridine rings is 1. The first-order chi connectivity index (χ1) is 10.1. The summed E-state index contributed by atoms with van der Waals surface area (Å²) in [6.07, 6.45) is 0.300. The first-order valence-corrected chi connectivity index (χ1v) is 6.94. The van der Waals surface area contributed by atoms with Crippen molar-refractivity contribution in [3.8, 4) is 0 Å². The summed E-state index contributed by atoms with van der Waals surface area (Å²) >= 11 is 0. The zero-order valence-electron chi connectivity index (χ0n) is 11.7. The summed E-state index contributed by atoms with van der Waals surface area (Å²) in [4.78, 5) is 4.31. The molecule has 0 amide bonds. The molecule has 0 spiro atoms. The summed E-state index contributed by atoms with van der Waals surface area (Å²) in [5.74, 6) is 0. The van der Waals surface area contributed by atoms with E-state index in [-0.39, 0.29) is 6.61 Å². The minimum atomic E-state index is -1.14. The second-order valence-corrected chi connectivity index (χ2v) is 5.24. The molecule has 0 aromatic carbocycles. The Labute approximate surface area is 121 Å². The maximum Gasteiger partial charge on any atom is 0.164 e. The van der Waals surface area contributed by atoms with Gasteiger partial charge in [0.1, 0.15) is 24.0 Å². The molecule has 114 valence electrons. The molecule has 0 radical (unpaired) electrons. The van der Waals surface area contributed by atoms with E-state index in [1.54, 1.807) is 16.8 Å². The minimum absolute atomic E-state index is 0.357. The predicted molar refractivity (Wildman–Crippen MR) is 76.5 cm³/mol. The number of aryl methyl sites for hydroxylation is 1. The zero-order valence-corrected chi connectivity index (χ0v) is 11.7. The number of hydrogen-bond acceptors (Lipinski definition) is 6. The molecular weight excluding hydrogens is 274 g/mol. The Bertz CT molecular complexity index is 657. The first kappa shape index (κ1) is 14.3. The first-order valence-electron chi connectivity index (χ1n) is 6.94. The van der Waals surface area contributed by atoms with Gasteiger partial charge in [0, 0.05) is 23.5 Å². The quantitative estimate of drug-likeness (QED) is 0.623. The summed E-state index contributed by atoms with van der Waals surface area (Å²) in [7, 11) is 0. The third-order valence-corrected chi connectivity index (χ3v) is 4.00. The number of nitrogens with two attached hydrogens (primary N) is 1. The minimum Gasteiger partial charge on any atom is -0.398 e. The second kappa shape index (κ2) is 5.27. The van der Waals surface area contributed by atoms with E-state index in [1.807, 2.05) is 13.1 Å². The third kappa shape index (κ3) is 2.09. The number of rotatable bonds is 3. The van der Waals surface area contributed by atoms with Crippen molar-refractivity contribution in [2.24, 2.45) is 0 Å². The van der Waals surface area contributed by atoms with Crippen LogP contribution in [0.25, 0.3) is 11.0 Å². The van der Waals surface area contributed by atoms with Crippen LogP contribution in [0.15, 0.2) is 18.5 Å². The Morgan fingerprint density at radius 1 is 1.38 bits per heavy atom. The number of anilines is 1.